The highest BCUT2D eigenvalue weighted by atomic mass is 32.1. The molecule has 152 valence electrons. The van der Waals surface area contributed by atoms with E-state index in [-0.39, 0.29) is 6.54 Å². The zero-order valence-electron chi connectivity index (χ0n) is 15.4. The summed E-state index contributed by atoms with van der Waals surface area (Å²) in [6.45, 7) is 3.81. The van der Waals surface area contributed by atoms with Gasteiger partial charge in [0.05, 0.1) is 19.8 Å². The molecule has 0 amide bonds. The van der Waals surface area contributed by atoms with Crippen molar-refractivity contribution in [3.63, 3.8) is 0 Å². The quantitative estimate of drug-likeness (QED) is 0.583. The summed E-state index contributed by atoms with van der Waals surface area (Å²) in [6.07, 6.45) is -4.42. The van der Waals surface area contributed by atoms with Crippen LogP contribution in [0.25, 0.3) is 0 Å². The van der Waals surface area contributed by atoms with E-state index in [0.29, 0.717) is 30.7 Å². The second-order valence-corrected chi connectivity index (χ2v) is 7.07. The standard InChI is InChI=1S/C18H22F3N5OS/c1-22-17(24-11-16-25-15(12-28-16)18(19,20)21)23-10-13-4-2-3-5-14(13)26-6-8-27-9-7-26/h2-5,12H,6-11H2,1H3,(H2,22,23,24). The number of benzene rings is 1. The topological polar surface area (TPSA) is 61.8 Å². The van der Waals surface area contributed by atoms with Crippen molar-refractivity contribution in [3.8, 4) is 0 Å². The summed E-state index contributed by atoms with van der Waals surface area (Å²) in [7, 11) is 1.62. The third-order valence-corrected chi connectivity index (χ3v) is 5.11. The highest BCUT2D eigenvalue weighted by Crippen LogP contribution is 2.29. The Hall–Kier alpha value is -2.33. The van der Waals surface area contributed by atoms with E-state index in [4.69, 9.17) is 4.74 Å². The van der Waals surface area contributed by atoms with E-state index in [1.54, 1.807) is 7.05 Å². The summed E-state index contributed by atoms with van der Waals surface area (Å²) in [5.74, 6) is 0.500. The molecule has 0 radical (unpaired) electrons. The summed E-state index contributed by atoms with van der Waals surface area (Å²) < 4.78 is 43.3. The van der Waals surface area contributed by atoms with Gasteiger partial charge in [0.1, 0.15) is 5.01 Å². The lowest BCUT2D eigenvalue weighted by molar-refractivity contribution is -0.140. The number of hydrogen-bond donors (Lipinski definition) is 2. The molecule has 1 aliphatic heterocycles. The first-order chi connectivity index (χ1) is 13.5. The molecule has 0 aliphatic carbocycles. The molecule has 0 spiro atoms. The van der Waals surface area contributed by atoms with Crippen molar-refractivity contribution in [2.24, 2.45) is 4.99 Å². The fourth-order valence-electron chi connectivity index (χ4n) is 2.85. The molecule has 0 bridgehead atoms. The van der Waals surface area contributed by atoms with Crippen molar-refractivity contribution >= 4 is 23.0 Å². The fraction of sp³-hybridized carbons (Fsp3) is 0.444. The number of aromatic nitrogens is 1. The molecule has 10 heteroatoms. The molecule has 1 aliphatic rings. The van der Waals surface area contributed by atoms with Crippen molar-refractivity contribution in [3.05, 3.63) is 45.9 Å². The van der Waals surface area contributed by atoms with Crippen LogP contribution in [0.15, 0.2) is 34.6 Å². The van der Waals surface area contributed by atoms with Crippen LogP contribution < -0.4 is 15.5 Å². The average molecular weight is 413 g/mol. The third-order valence-electron chi connectivity index (χ3n) is 4.26. The molecule has 1 aromatic heterocycles. The lowest BCUT2D eigenvalue weighted by Gasteiger charge is -2.30. The van der Waals surface area contributed by atoms with Crippen LogP contribution in [0.3, 0.4) is 0 Å². The van der Waals surface area contributed by atoms with Crippen molar-refractivity contribution in [1.29, 1.82) is 0 Å². The second-order valence-electron chi connectivity index (χ2n) is 6.13. The minimum absolute atomic E-state index is 0.172. The number of halogens is 3. The van der Waals surface area contributed by atoms with Gasteiger partial charge in [0.2, 0.25) is 0 Å². The maximum Gasteiger partial charge on any atom is 0.434 e. The van der Waals surface area contributed by atoms with E-state index in [2.05, 4.69) is 31.6 Å². The number of ether oxygens (including phenoxy) is 1. The predicted octanol–water partition coefficient (Wildman–Crippen LogP) is 2.86. The summed E-state index contributed by atoms with van der Waals surface area (Å²) in [5, 5.41) is 7.58. The van der Waals surface area contributed by atoms with Gasteiger partial charge in [-0.1, -0.05) is 18.2 Å². The van der Waals surface area contributed by atoms with Crippen molar-refractivity contribution < 1.29 is 17.9 Å². The zero-order chi connectivity index (χ0) is 20.0. The molecule has 1 saturated heterocycles. The van der Waals surface area contributed by atoms with E-state index < -0.39 is 11.9 Å². The lowest BCUT2D eigenvalue weighted by atomic mass is 10.1. The Kier molecular flexibility index (Phi) is 6.74. The van der Waals surface area contributed by atoms with Gasteiger partial charge < -0.3 is 20.3 Å². The molecular weight excluding hydrogens is 391 g/mol. The van der Waals surface area contributed by atoms with Crippen molar-refractivity contribution in [2.45, 2.75) is 19.3 Å². The van der Waals surface area contributed by atoms with Gasteiger partial charge in [-0.3, -0.25) is 4.99 Å². The molecule has 0 saturated carbocycles. The number of para-hydroxylation sites is 1. The van der Waals surface area contributed by atoms with E-state index in [1.807, 2.05) is 18.2 Å². The first-order valence-electron chi connectivity index (χ1n) is 8.84. The number of thiazole rings is 1. The van der Waals surface area contributed by atoms with E-state index >= 15 is 0 Å². The van der Waals surface area contributed by atoms with Gasteiger partial charge in [0.25, 0.3) is 0 Å². The number of nitrogens with one attached hydrogen (secondary N) is 2. The molecule has 1 fully saturated rings. The summed E-state index contributed by atoms with van der Waals surface area (Å²) in [4.78, 5) is 10.0. The van der Waals surface area contributed by atoms with Crippen LogP contribution in [-0.4, -0.2) is 44.3 Å². The molecule has 2 N–H and O–H groups in total. The van der Waals surface area contributed by atoms with Gasteiger partial charge in [0.15, 0.2) is 11.7 Å². The van der Waals surface area contributed by atoms with Gasteiger partial charge >= 0.3 is 6.18 Å². The molecule has 28 heavy (non-hydrogen) atoms. The number of hydrogen-bond acceptors (Lipinski definition) is 5. The molecular formula is C18H22F3N5OS. The van der Waals surface area contributed by atoms with Crippen molar-refractivity contribution in [1.82, 2.24) is 15.6 Å². The molecule has 6 nitrogen and oxygen atoms in total. The largest absolute Gasteiger partial charge is 0.434 e. The summed E-state index contributed by atoms with van der Waals surface area (Å²) in [5.41, 5.74) is 1.39. The molecule has 1 aromatic carbocycles. The Labute approximate surface area is 165 Å². The van der Waals surface area contributed by atoms with Crippen LogP contribution in [-0.2, 0) is 24.0 Å². The van der Waals surface area contributed by atoms with Crippen LogP contribution >= 0.6 is 11.3 Å². The van der Waals surface area contributed by atoms with E-state index in [1.165, 1.54) is 0 Å². The Balaban J connectivity index is 1.57. The second kappa shape index (κ2) is 9.24. The normalized spacial score (nSPS) is 15.6. The summed E-state index contributed by atoms with van der Waals surface area (Å²) in [6, 6.07) is 8.10. The number of morpholine rings is 1. The number of alkyl halides is 3. The van der Waals surface area contributed by atoms with Crippen LogP contribution in [0, 0.1) is 0 Å². The van der Waals surface area contributed by atoms with Gasteiger partial charge in [0, 0.05) is 37.7 Å². The Bertz CT molecular complexity index is 803. The van der Waals surface area contributed by atoms with E-state index in [9.17, 15) is 13.2 Å². The minimum atomic E-state index is -4.42. The number of guanidine groups is 1. The maximum absolute atomic E-state index is 12.6. The first kappa shape index (κ1) is 20.4. The number of nitrogens with zero attached hydrogens (tertiary/aromatic N) is 3. The number of anilines is 1. The SMILES string of the molecule is CN=C(NCc1nc(C(F)(F)F)cs1)NCc1ccccc1N1CCOCC1. The Morgan fingerprint density at radius 1 is 1.21 bits per heavy atom. The maximum atomic E-state index is 12.6. The lowest BCUT2D eigenvalue weighted by Crippen LogP contribution is -2.39. The van der Waals surface area contributed by atoms with E-state index in [0.717, 1.165) is 41.1 Å². The Morgan fingerprint density at radius 2 is 1.93 bits per heavy atom. The van der Waals surface area contributed by atoms with Crippen molar-refractivity contribution in [2.75, 3.05) is 38.3 Å². The molecule has 2 aromatic rings. The average Bonchev–Trinajstić information content (AvgIpc) is 3.19. The van der Waals surface area contributed by atoms with Gasteiger partial charge in [-0.05, 0) is 11.6 Å². The van der Waals surface area contributed by atoms with Crippen LogP contribution in [0.1, 0.15) is 16.3 Å². The first-order valence-corrected chi connectivity index (χ1v) is 9.72. The Morgan fingerprint density at radius 3 is 2.61 bits per heavy atom. The minimum Gasteiger partial charge on any atom is -0.378 e. The predicted molar refractivity (Wildman–Crippen MR) is 104 cm³/mol. The van der Waals surface area contributed by atoms with Gasteiger partial charge in [-0.2, -0.15) is 13.2 Å². The highest BCUT2D eigenvalue weighted by molar-refractivity contribution is 7.09. The molecule has 0 atom stereocenters. The monoisotopic (exact) mass is 413 g/mol. The third kappa shape index (κ3) is 5.35. The van der Waals surface area contributed by atoms with Crippen LogP contribution in [0.4, 0.5) is 18.9 Å². The van der Waals surface area contributed by atoms with Crippen LogP contribution in [0.5, 0.6) is 0 Å². The highest BCUT2D eigenvalue weighted by Gasteiger charge is 2.33. The number of aliphatic imine (C=N–C) groups is 1. The molecule has 0 unspecified atom stereocenters. The zero-order valence-corrected chi connectivity index (χ0v) is 16.2. The molecule has 2 heterocycles. The fourth-order valence-corrected chi connectivity index (χ4v) is 3.59. The van der Waals surface area contributed by atoms with Gasteiger partial charge in [-0.15, -0.1) is 11.3 Å². The molecule has 3 rings (SSSR count). The summed E-state index contributed by atoms with van der Waals surface area (Å²) >= 11 is 0.970. The van der Waals surface area contributed by atoms with Gasteiger partial charge in [-0.25, -0.2) is 4.98 Å². The smallest absolute Gasteiger partial charge is 0.378 e. The number of rotatable bonds is 5. The van der Waals surface area contributed by atoms with Crippen LogP contribution in [0.2, 0.25) is 0 Å².